The Kier molecular flexibility index (Phi) is 7.18. The predicted molar refractivity (Wildman–Crippen MR) is 76.6 cm³/mol. The van der Waals surface area contributed by atoms with Gasteiger partial charge in [-0.2, -0.15) is 4.98 Å². The monoisotopic (exact) mass is 267 g/mol. The number of anilines is 1. The van der Waals surface area contributed by atoms with Crippen LogP contribution >= 0.6 is 0 Å². The molecule has 0 unspecified atom stereocenters. The standard InChI is InChI=1S/C14H25N3O2/c1-11(2)19-13-10-12(3)16-14(17-13)15-8-6-4-5-7-9-18/h10-11,18H,4-9H2,1-3H3,(H,15,16,17). The summed E-state index contributed by atoms with van der Waals surface area (Å²) in [6.45, 7) is 7.01. The third-order valence-corrected chi connectivity index (χ3v) is 2.56. The van der Waals surface area contributed by atoms with Crippen molar-refractivity contribution in [3.8, 4) is 5.88 Å². The molecule has 0 saturated heterocycles. The molecule has 19 heavy (non-hydrogen) atoms. The van der Waals surface area contributed by atoms with Crippen LogP contribution in [0.4, 0.5) is 5.95 Å². The van der Waals surface area contributed by atoms with Crippen molar-refractivity contribution in [2.75, 3.05) is 18.5 Å². The molecule has 1 rings (SSSR count). The van der Waals surface area contributed by atoms with Crippen LogP contribution < -0.4 is 10.1 Å². The number of hydrogen-bond donors (Lipinski definition) is 2. The number of nitrogens with one attached hydrogen (secondary N) is 1. The van der Waals surface area contributed by atoms with E-state index >= 15 is 0 Å². The van der Waals surface area contributed by atoms with Crippen molar-refractivity contribution in [1.82, 2.24) is 9.97 Å². The van der Waals surface area contributed by atoms with Gasteiger partial charge in [-0.1, -0.05) is 12.8 Å². The minimum Gasteiger partial charge on any atom is -0.475 e. The van der Waals surface area contributed by atoms with Crippen LogP contribution in [0.3, 0.4) is 0 Å². The summed E-state index contributed by atoms with van der Waals surface area (Å²) in [7, 11) is 0. The fourth-order valence-electron chi connectivity index (χ4n) is 1.71. The summed E-state index contributed by atoms with van der Waals surface area (Å²) in [6.07, 6.45) is 4.22. The number of nitrogens with zero attached hydrogens (tertiary/aromatic N) is 2. The van der Waals surface area contributed by atoms with Gasteiger partial charge in [-0.3, -0.25) is 0 Å². The van der Waals surface area contributed by atoms with Gasteiger partial charge in [-0.15, -0.1) is 0 Å². The number of unbranched alkanes of at least 4 members (excludes halogenated alkanes) is 3. The van der Waals surface area contributed by atoms with E-state index in [0.29, 0.717) is 11.8 Å². The van der Waals surface area contributed by atoms with E-state index in [2.05, 4.69) is 15.3 Å². The summed E-state index contributed by atoms with van der Waals surface area (Å²) in [5, 5.41) is 11.9. The molecule has 1 heterocycles. The third kappa shape index (κ3) is 6.96. The van der Waals surface area contributed by atoms with Crippen LogP contribution in [0.2, 0.25) is 0 Å². The zero-order valence-electron chi connectivity index (χ0n) is 12.1. The summed E-state index contributed by atoms with van der Waals surface area (Å²) < 4.78 is 5.58. The molecule has 0 amide bonds. The molecule has 0 aliphatic heterocycles. The van der Waals surface area contributed by atoms with E-state index in [9.17, 15) is 0 Å². The Hall–Kier alpha value is -1.36. The van der Waals surface area contributed by atoms with Crippen molar-refractivity contribution >= 4 is 5.95 Å². The minimum absolute atomic E-state index is 0.112. The molecule has 0 aromatic carbocycles. The van der Waals surface area contributed by atoms with Crippen molar-refractivity contribution < 1.29 is 9.84 Å². The smallest absolute Gasteiger partial charge is 0.226 e. The Morgan fingerprint density at radius 3 is 2.63 bits per heavy atom. The second kappa shape index (κ2) is 8.69. The van der Waals surface area contributed by atoms with Crippen LogP contribution in [-0.2, 0) is 0 Å². The average molecular weight is 267 g/mol. The number of hydrogen-bond acceptors (Lipinski definition) is 5. The lowest BCUT2D eigenvalue weighted by Gasteiger charge is -2.11. The van der Waals surface area contributed by atoms with Crippen LogP contribution in [0.15, 0.2) is 6.07 Å². The van der Waals surface area contributed by atoms with E-state index in [1.54, 1.807) is 0 Å². The van der Waals surface area contributed by atoms with Crippen molar-refractivity contribution in [1.29, 1.82) is 0 Å². The molecular formula is C14H25N3O2. The molecule has 0 atom stereocenters. The van der Waals surface area contributed by atoms with Crippen LogP contribution in [0, 0.1) is 6.92 Å². The molecule has 2 N–H and O–H groups in total. The Morgan fingerprint density at radius 2 is 1.95 bits per heavy atom. The molecule has 5 nitrogen and oxygen atoms in total. The highest BCUT2D eigenvalue weighted by Gasteiger charge is 2.04. The first-order chi connectivity index (χ1) is 9.11. The molecule has 0 radical (unpaired) electrons. The summed E-state index contributed by atoms with van der Waals surface area (Å²) in [5.74, 6) is 1.24. The van der Waals surface area contributed by atoms with E-state index in [-0.39, 0.29) is 12.7 Å². The van der Waals surface area contributed by atoms with Gasteiger partial charge >= 0.3 is 0 Å². The number of aryl methyl sites for hydroxylation is 1. The molecule has 5 heteroatoms. The fourth-order valence-corrected chi connectivity index (χ4v) is 1.71. The Balaban J connectivity index is 2.38. The zero-order valence-corrected chi connectivity index (χ0v) is 12.1. The minimum atomic E-state index is 0.112. The maximum Gasteiger partial charge on any atom is 0.226 e. The Labute approximate surface area is 115 Å². The normalized spacial score (nSPS) is 10.8. The number of aromatic nitrogens is 2. The van der Waals surface area contributed by atoms with Crippen LogP contribution in [-0.4, -0.2) is 34.3 Å². The molecule has 0 aliphatic carbocycles. The van der Waals surface area contributed by atoms with Gasteiger partial charge < -0.3 is 15.2 Å². The Bertz CT molecular complexity index is 370. The maximum atomic E-state index is 8.68. The van der Waals surface area contributed by atoms with Gasteiger partial charge in [0, 0.05) is 24.9 Å². The highest BCUT2D eigenvalue weighted by Crippen LogP contribution is 2.13. The molecule has 1 aromatic heterocycles. The lowest BCUT2D eigenvalue weighted by atomic mass is 10.2. The lowest BCUT2D eigenvalue weighted by molar-refractivity contribution is 0.232. The van der Waals surface area contributed by atoms with E-state index in [0.717, 1.165) is 37.9 Å². The first kappa shape index (κ1) is 15.7. The summed E-state index contributed by atoms with van der Waals surface area (Å²) >= 11 is 0. The number of ether oxygens (including phenoxy) is 1. The van der Waals surface area contributed by atoms with E-state index in [4.69, 9.17) is 9.84 Å². The van der Waals surface area contributed by atoms with Gasteiger partial charge in [0.25, 0.3) is 0 Å². The lowest BCUT2D eigenvalue weighted by Crippen LogP contribution is -2.11. The average Bonchev–Trinajstić information content (AvgIpc) is 2.32. The topological polar surface area (TPSA) is 67.3 Å². The fraction of sp³-hybridized carbons (Fsp3) is 0.714. The van der Waals surface area contributed by atoms with Gasteiger partial charge in [0.15, 0.2) is 0 Å². The van der Waals surface area contributed by atoms with E-state index < -0.39 is 0 Å². The van der Waals surface area contributed by atoms with Crippen LogP contribution in [0.1, 0.15) is 45.2 Å². The van der Waals surface area contributed by atoms with Crippen molar-refractivity contribution in [3.05, 3.63) is 11.8 Å². The van der Waals surface area contributed by atoms with Gasteiger partial charge in [0.2, 0.25) is 11.8 Å². The second-order valence-corrected chi connectivity index (χ2v) is 4.90. The number of aliphatic hydroxyl groups is 1. The highest BCUT2D eigenvalue weighted by atomic mass is 16.5. The van der Waals surface area contributed by atoms with Crippen molar-refractivity contribution in [2.45, 2.75) is 52.6 Å². The summed E-state index contributed by atoms with van der Waals surface area (Å²) in [5.41, 5.74) is 0.897. The van der Waals surface area contributed by atoms with Crippen LogP contribution in [0.5, 0.6) is 5.88 Å². The first-order valence-electron chi connectivity index (χ1n) is 6.99. The maximum absolute atomic E-state index is 8.68. The van der Waals surface area contributed by atoms with Gasteiger partial charge in [-0.05, 0) is 33.6 Å². The summed E-state index contributed by atoms with van der Waals surface area (Å²) in [4.78, 5) is 8.66. The molecule has 108 valence electrons. The molecular weight excluding hydrogens is 242 g/mol. The molecule has 0 spiro atoms. The zero-order chi connectivity index (χ0) is 14.1. The first-order valence-corrected chi connectivity index (χ1v) is 6.99. The Morgan fingerprint density at radius 1 is 1.21 bits per heavy atom. The van der Waals surface area contributed by atoms with Gasteiger partial charge in [-0.25, -0.2) is 4.98 Å². The molecule has 0 aliphatic rings. The van der Waals surface area contributed by atoms with Gasteiger partial charge in [0.05, 0.1) is 6.10 Å². The predicted octanol–water partition coefficient (Wildman–Crippen LogP) is 2.54. The van der Waals surface area contributed by atoms with E-state index in [1.807, 2.05) is 26.8 Å². The summed E-state index contributed by atoms with van der Waals surface area (Å²) in [6, 6.07) is 1.84. The molecule has 0 saturated carbocycles. The van der Waals surface area contributed by atoms with Crippen molar-refractivity contribution in [2.24, 2.45) is 0 Å². The SMILES string of the molecule is Cc1cc(OC(C)C)nc(NCCCCCCO)n1. The molecule has 0 fully saturated rings. The molecule has 0 bridgehead atoms. The number of aliphatic hydroxyl groups excluding tert-OH is 1. The van der Waals surface area contributed by atoms with Crippen molar-refractivity contribution in [3.63, 3.8) is 0 Å². The second-order valence-electron chi connectivity index (χ2n) is 4.90. The molecule has 1 aromatic rings. The van der Waals surface area contributed by atoms with Gasteiger partial charge in [0.1, 0.15) is 0 Å². The van der Waals surface area contributed by atoms with E-state index in [1.165, 1.54) is 0 Å². The third-order valence-electron chi connectivity index (χ3n) is 2.56. The number of rotatable bonds is 9. The quantitative estimate of drug-likeness (QED) is 0.673. The van der Waals surface area contributed by atoms with Crippen LogP contribution in [0.25, 0.3) is 0 Å². The highest BCUT2D eigenvalue weighted by molar-refractivity contribution is 5.30. The largest absolute Gasteiger partial charge is 0.475 e.